The van der Waals surface area contributed by atoms with E-state index in [2.05, 4.69) is 5.32 Å². The van der Waals surface area contributed by atoms with E-state index in [-0.39, 0.29) is 0 Å². The SMILES string of the molecule is COc1ccc(CNCc2ccc(C(N)=O)cc2Cl)cc1. The van der Waals surface area contributed by atoms with E-state index < -0.39 is 5.91 Å². The molecule has 3 N–H and O–H groups in total. The summed E-state index contributed by atoms with van der Waals surface area (Å²) < 4.78 is 5.11. The second kappa shape index (κ2) is 7.11. The Labute approximate surface area is 128 Å². The van der Waals surface area contributed by atoms with Gasteiger partial charge in [0.1, 0.15) is 5.75 Å². The molecule has 0 heterocycles. The first-order chi connectivity index (χ1) is 10.1. The third kappa shape index (κ3) is 4.21. The van der Waals surface area contributed by atoms with Crippen LogP contribution < -0.4 is 15.8 Å². The molecule has 21 heavy (non-hydrogen) atoms. The number of ether oxygens (including phenoxy) is 1. The van der Waals surface area contributed by atoms with Gasteiger partial charge in [0.25, 0.3) is 0 Å². The number of primary amides is 1. The first-order valence-corrected chi connectivity index (χ1v) is 6.90. The molecule has 0 bridgehead atoms. The van der Waals surface area contributed by atoms with Gasteiger partial charge in [-0.2, -0.15) is 0 Å². The number of methoxy groups -OCH3 is 1. The number of rotatable bonds is 6. The number of benzene rings is 2. The summed E-state index contributed by atoms with van der Waals surface area (Å²) in [7, 11) is 1.64. The van der Waals surface area contributed by atoms with Crippen LogP contribution in [-0.2, 0) is 13.1 Å². The van der Waals surface area contributed by atoms with Crippen LogP contribution in [0, 0.1) is 0 Å². The Balaban J connectivity index is 1.92. The molecule has 0 saturated heterocycles. The average molecular weight is 305 g/mol. The molecule has 1 amide bonds. The predicted octanol–water partition coefficient (Wildman–Crippen LogP) is 2.74. The highest BCUT2D eigenvalue weighted by Crippen LogP contribution is 2.18. The molecule has 0 aromatic heterocycles. The molecule has 0 spiro atoms. The van der Waals surface area contributed by atoms with Crippen LogP contribution in [0.2, 0.25) is 5.02 Å². The number of carbonyl (C=O) groups is 1. The highest BCUT2D eigenvalue weighted by molar-refractivity contribution is 6.31. The van der Waals surface area contributed by atoms with Gasteiger partial charge in [-0.15, -0.1) is 0 Å². The molecule has 0 aliphatic heterocycles. The summed E-state index contributed by atoms with van der Waals surface area (Å²) in [6.45, 7) is 1.34. The van der Waals surface area contributed by atoms with Crippen molar-refractivity contribution < 1.29 is 9.53 Å². The standard InChI is InChI=1S/C16H17ClN2O2/c1-21-14-6-2-11(3-7-14)9-19-10-13-5-4-12(16(18)20)8-15(13)17/h2-8,19H,9-10H2,1H3,(H2,18,20). The molecule has 2 aromatic carbocycles. The largest absolute Gasteiger partial charge is 0.497 e. The number of nitrogens with two attached hydrogens (primary N) is 1. The van der Waals surface area contributed by atoms with Crippen molar-refractivity contribution in [2.45, 2.75) is 13.1 Å². The number of nitrogens with one attached hydrogen (secondary N) is 1. The topological polar surface area (TPSA) is 64.3 Å². The van der Waals surface area contributed by atoms with Crippen molar-refractivity contribution in [1.29, 1.82) is 0 Å². The van der Waals surface area contributed by atoms with Gasteiger partial charge in [0.15, 0.2) is 0 Å². The molecule has 0 aliphatic carbocycles. The molecule has 5 heteroatoms. The smallest absolute Gasteiger partial charge is 0.248 e. The lowest BCUT2D eigenvalue weighted by atomic mass is 10.1. The van der Waals surface area contributed by atoms with Crippen LogP contribution in [0.15, 0.2) is 42.5 Å². The summed E-state index contributed by atoms with van der Waals surface area (Å²) in [5.74, 6) is 0.360. The van der Waals surface area contributed by atoms with E-state index in [1.807, 2.05) is 30.3 Å². The maximum absolute atomic E-state index is 11.1. The summed E-state index contributed by atoms with van der Waals surface area (Å²) in [4.78, 5) is 11.1. The van der Waals surface area contributed by atoms with Crippen LogP contribution in [0.1, 0.15) is 21.5 Å². The molecule has 0 saturated carbocycles. The van der Waals surface area contributed by atoms with Crippen molar-refractivity contribution in [2.75, 3.05) is 7.11 Å². The Morgan fingerprint density at radius 2 is 1.90 bits per heavy atom. The Morgan fingerprint density at radius 3 is 2.48 bits per heavy atom. The van der Waals surface area contributed by atoms with Gasteiger partial charge in [0, 0.05) is 23.7 Å². The number of hydrogen-bond donors (Lipinski definition) is 2. The summed E-state index contributed by atoms with van der Waals surface area (Å²) in [6.07, 6.45) is 0. The van der Waals surface area contributed by atoms with Gasteiger partial charge < -0.3 is 15.8 Å². The zero-order valence-corrected chi connectivity index (χ0v) is 12.5. The number of carbonyl (C=O) groups excluding carboxylic acids is 1. The van der Waals surface area contributed by atoms with Gasteiger partial charge in [-0.25, -0.2) is 0 Å². The van der Waals surface area contributed by atoms with Gasteiger partial charge in [0.2, 0.25) is 5.91 Å². The minimum atomic E-state index is -0.477. The molecule has 0 radical (unpaired) electrons. The second-order valence-corrected chi connectivity index (χ2v) is 5.03. The maximum atomic E-state index is 11.1. The molecular formula is C16H17ClN2O2. The number of amides is 1. The average Bonchev–Trinajstić information content (AvgIpc) is 2.49. The van der Waals surface area contributed by atoms with Crippen molar-refractivity contribution in [1.82, 2.24) is 5.32 Å². The molecule has 0 atom stereocenters. The minimum absolute atomic E-state index is 0.416. The first-order valence-electron chi connectivity index (χ1n) is 6.52. The quantitative estimate of drug-likeness (QED) is 0.862. The predicted molar refractivity (Wildman–Crippen MR) is 83.5 cm³/mol. The van der Waals surface area contributed by atoms with Crippen molar-refractivity contribution in [3.63, 3.8) is 0 Å². The van der Waals surface area contributed by atoms with Crippen LogP contribution in [-0.4, -0.2) is 13.0 Å². The molecule has 2 aromatic rings. The fourth-order valence-electron chi connectivity index (χ4n) is 1.93. The zero-order valence-electron chi connectivity index (χ0n) is 11.7. The molecule has 0 aliphatic rings. The summed E-state index contributed by atoms with van der Waals surface area (Å²) in [5.41, 5.74) is 7.70. The Bertz CT molecular complexity index is 627. The highest BCUT2D eigenvalue weighted by atomic mass is 35.5. The monoisotopic (exact) mass is 304 g/mol. The van der Waals surface area contributed by atoms with E-state index in [9.17, 15) is 4.79 Å². The number of halogens is 1. The van der Waals surface area contributed by atoms with E-state index in [4.69, 9.17) is 22.1 Å². The summed E-state index contributed by atoms with van der Waals surface area (Å²) >= 11 is 6.13. The lowest BCUT2D eigenvalue weighted by Crippen LogP contribution is -2.14. The Morgan fingerprint density at radius 1 is 1.19 bits per heavy atom. The molecule has 110 valence electrons. The van der Waals surface area contributed by atoms with Crippen LogP contribution in [0.5, 0.6) is 5.75 Å². The van der Waals surface area contributed by atoms with Gasteiger partial charge >= 0.3 is 0 Å². The van der Waals surface area contributed by atoms with Crippen LogP contribution in [0.25, 0.3) is 0 Å². The van der Waals surface area contributed by atoms with E-state index in [0.29, 0.717) is 17.1 Å². The Kier molecular flexibility index (Phi) is 5.20. The zero-order chi connectivity index (χ0) is 15.2. The van der Waals surface area contributed by atoms with Gasteiger partial charge in [-0.1, -0.05) is 29.8 Å². The summed E-state index contributed by atoms with van der Waals surface area (Å²) in [5, 5.41) is 3.84. The van der Waals surface area contributed by atoms with Gasteiger partial charge in [-0.05, 0) is 35.4 Å². The van der Waals surface area contributed by atoms with E-state index in [1.54, 1.807) is 19.2 Å². The van der Waals surface area contributed by atoms with Crippen LogP contribution >= 0.6 is 11.6 Å². The highest BCUT2D eigenvalue weighted by Gasteiger charge is 2.05. The van der Waals surface area contributed by atoms with E-state index >= 15 is 0 Å². The fourth-order valence-corrected chi connectivity index (χ4v) is 2.18. The van der Waals surface area contributed by atoms with Crippen LogP contribution in [0.4, 0.5) is 0 Å². The van der Waals surface area contributed by atoms with Crippen molar-refractivity contribution in [3.05, 3.63) is 64.2 Å². The van der Waals surface area contributed by atoms with E-state index in [0.717, 1.165) is 23.4 Å². The van der Waals surface area contributed by atoms with Gasteiger partial charge in [0.05, 0.1) is 7.11 Å². The van der Waals surface area contributed by atoms with Crippen LogP contribution in [0.3, 0.4) is 0 Å². The lowest BCUT2D eigenvalue weighted by molar-refractivity contribution is 0.100. The molecule has 4 nitrogen and oxygen atoms in total. The van der Waals surface area contributed by atoms with E-state index in [1.165, 1.54) is 0 Å². The number of hydrogen-bond acceptors (Lipinski definition) is 3. The van der Waals surface area contributed by atoms with Gasteiger partial charge in [-0.3, -0.25) is 4.79 Å². The van der Waals surface area contributed by atoms with Crippen molar-refractivity contribution in [3.8, 4) is 5.75 Å². The Hall–Kier alpha value is -2.04. The second-order valence-electron chi connectivity index (χ2n) is 4.62. The fraction of sp³-hybridized carbons (Fsp3) is 0.188. The minimum Gasteiger partial charge on any atom is -0.497 e. The summed E-state index contributed by atoms with van der Waals surface area (Å²) in [6, 6.07) is 12.9. The molecule has 0 fully saturated rings. The maximum Gasteiger partial charge on any atom is 0.248 e. The van der Waals surface area contributed by atoms with Crippen molar-refractivity contribution in [2.24, 2.45) is 5.73 Å². The normalized spacial score (nSPS) is 10.4. The molecule has 0 unspecified atom stereocenters. The molecular weight excluding hydrogens is 288 g/mol. The van der Waals surface area contributed by atoms with Crippen molar-refractivity contribution >= 4 is 17.5 Å². The third-order valence-corrected chi connectivity index (χ3v) is 3.49. The third-order valence-electron chi connectivity index (χ3n) is 3.14. The lowest BCUT2D eigenvalue weighted by Gasteiger charge is -2.08. The first kappa shape index (κ1) is 15.4. The molecule has 2 rings (SSSR count).